The molecule has 4 heteroatoms. The number of carbonyl (C=O) groups is 1. The first-order valence-corrected chi connectivity index (χ1v) is 6.07. The molecule has 96 valence electrons. The molecule has 1 amide bonds. The first kappa shape index (κ1) is 13.9. The molecule has 0 aromatic rings. The molecule has 1 aliphatic rings. The number of hydrogen-bond donors (Lipinski definition) is 1. The van der Waals surface area contributed by atoms with Crippen molar-refractivity contribution in [1.29, 1.82) is 0 Å². The molecule has 1 rings (SSSR count). The first-order valence-electron chi connectivity index (χ1n) is 6.07. The van der Waals surface area contributed by atoms with Crippen LogP contribution in [-0.2, 0) is 4.79 Å². The van der Waals surface area contributed by atoms with E-state index in [-0.39, 0.29) is 12.0 Å². The van der Waals surface area contributed by atoms with Gasteiger partial charge in [-0.3, -0.25) is 9.69 Å². The van der Waals surface area contributed by atoms with E-state index in [1.165, 1.54) is 0 Å². The van der Waals surface area contributed by atoms with E-state index in [1.807, 2.05) is 4.90 Å². The average molecular weight is 238 g/mol. The van der Waals surface area contributed by atoms with Crippen molar-refractivity contribution in [2.75, 3.05) is 32.7 Å². The van der Waals surface area contributed by atoms with E-state index in [9.17, 15) is 9.90 Å². The van der Waals surface area contributed by atoms with Gasteiger partial charge in [0.05, 0.1) is 12.6 Å². The van der Waals surface area contributed by atoms with Gasteiger partial charge in [0.15, 0.2) is 0 Å². The van der Waals surface area contributed by atoms with Gasteiger partial charge in [-0.15, -0.1) is 13.2 Å². The molecular formula is C13H22N2O2. The van der Waals surface area contributed by atoms with E-state index in [1.54, 1.807) is 17.1 Å². The second kappa shape index (κ2) is 7.25. The number of piperidine rings is 1. The summed E-state index contributed by atoms with van der Waals surface area (Å²) >= 11 is 0. The van der Waals surface area contributed by atoms with E-state index in [4.69, 9.17) is 0 Å². The fourth-order valence-electron chi connectivity index (χ4n) is 2.06. The topological polar surface area (TPSA) is 43.8 Å². The van der Waals surface area contributed by atoms with Gasteiger partial charge in [0, 0.05) is 19.6 Å². The van der Waals surface area contributed by atoms with Gasteiger partial charge in [-0.05, 0) is 19.4 Å². The standard InChI is InChI=1S/C13H22N2O2/c1-3-7-15(8-4-2)13(17)11-14-9-5-6-12(16)10-14/h3-4,12,16H,1-2,5-11H2/t12-/m0/s1. The summed E-state index contributed by atoms with van der Waals surface area (Å²) in [4.78, 5) is 15.7. The minimum absolute atomic E-state index is 0.0684. The minimum Gasteiger partial charge on any atom is -0.392 e. The summed E-state index contributed by atoms with van der Waals surface area (Å²) in [6, 6.07) is 0. The maximum atomic E-state index is 12.0. The number of amides is 1. The molecule has 0 aliphatic carbocycles. The molecule has 0 aromatic heterocycles. The molecule has 0 radical (unpaired) electrons. The molecule has 4 nitrogen and oxygen atoms in total. The van der Waals surface area contributed by atoms with E-state index < -0.39 is 0 Å². The SMILES string of the molecule is C=CCN(CC=C)C(=O)CN1CCC[C@H](O)C1. The van der Waals surface area contributed by atoms with Crippen LogP contribution in [0, 0.1) is 0 Å². The number of rotatable bonds is 6. The van der Waals surface area contributed by atoms with Crippen LogP contribution in [0.5, 0.6) is 0 Å². The lowest BCUT2D eigenvalue weighted by molar-refractivity contribution is -0.132. The zero-order chi connectivity index (χ0) is 12.7. The van der Waals surface area contributed by atoms with Crippen LogP contribution in [0.25, 0.3) is 0 Å². The molecule has 0 spiro atoms. The van der Waals surface area contributed by atoms with E-state index >= 15 is 0 Å². The quantitative estimate of drug-likeness (QED) is 0.691. The van der Waals surface area contributed by atoms with Gasteiger partial charge in [0.25, 0.3) is 0 Å². The van der Waals surface area contributed by atoms with Crippen LogP contribution >= 0.6 is 0 Å². The van der Waals surface area contributed by atoms with Gasteiger partial charge in [0.1, 0.15) is 0 Å². The van der Waals surface area contributed by atoms with E-state index in [2.05, 4.69) is 13.2 Å². The minimum atomic E-state index is -0.288. The molecule has 1 saturated heterocycles. The number of β-amino-alcohol motifs (C(OH)–C–C–N with tert-alkyl or cyclic N) is 1. The molecular weight excluding hydrogens is 216 g/mol. The van der Waals surface area contributed by atoms with Crippen LogP contribution in [-0.4, -0.2) is 59.6 Å². The van der Waals surface area contributed by atoms with Crippen molar-refractivity contribution in [2.45, 2.75) is 18.9 Å². The van der Waals surface area contributed by atoms with Gasteiger partial charge in [0.2, 0.25) is 5.91 Å². The van der Waals surface area contributed by atoms with Crippen molar-refractivity contribution in [3.63, 3.8) is 0 Å². The van der Waals surface area contributed by atoms with Crippen LogP contribution in [0.4, 0.5) is 0 Å². The van der Waals surface area contributed by atoms with Gasteiger partial charge in [-0.2, -0.15) is 0 Å². The monoisotopic (exact) mass is 238 g/mol. The predicted octanol–water partition coefficient (Wildman–Crippen LogP) is 0.644. The van der Waals surface area contributed by atoms with Crippen LogP contribution < -0.4 is 0 Å². The molecule has 0 aromatic carbocycles. The normalized spacial score (nSPS) is 20.9. The maximum absolute atomic E-state index is 12.0. The zero-order valence-corrected chi connectivity index (χ0v) is 10.3. The predicted molar refractivity (Wildman–Crippen MR) is 68.7 cm³/mol. The van der Waals surface area contributed by atoms with Crippen LogP contribution in [0.2, 0.25) is 0 Å². The van der Waals surface area contributed by atoms with Gasteiger partial charge < -0.3 is 10.0 Å². The molecule has 1 heterocycles. The lowest BCUT2D eigenvalue weighted by atomic mass is 10.1. The summed E-state index contributed by atoms with van der Waals surface area (Å²) in [7, 11) is 0. The second-order valence-corrected chi connectivity index (χ2v) is 4.41. The highest BCUT2D eigenvalue weighted by atomic mass is 16.3. The smallest absolute Gasteiger partial charge is 0.237 e. The highest BCUT2D eigenvalue weighted by molar-refractivity contribution is 5.78. The Hall–Kier alpha value is -1.13. The Bertz CT molecular complexity index is 269. The molecule has 0 saturated carbocycles. The Morgan fingerprint density at radius 1 is 1.41 bits per heavy atom. The van der Waals surface area contributed by atoms with Gasteiger partial charge in [-0.1, -0.05) is 12.2 Å². The summed E-state index contributed by atoms with van der Waals surface area (Å²) in [5.41, 5.74) is 0. The van der Waals surface area contributed by atoms with Gasteiger partial charge >= 0.3 is 0 Å². The number of likely N-dealkylation sites (tertiary alicyclic amines) is 1. The summed E-state index contributed by atoms with van der Waals surface area (Å²) in [6.07, 6.45) is 4.94. The van der Waals surface area contributed by atoms with Crippen LogP contribution in [0.3, 0.4) is 0 Å². The number of nitrogens with zero attached hydrogens (tertiary/aromatic N) is 2. The number of carbonyl (C=O) groups excluding carboxylic acids is 1. The van der Waals surface area contributed by atoms with Crippen molar-refractivity contribution in [2.24, 2.45) is 0 Å². The van der Waals surface area contributed by atoms with E-state index in [0.717, 1.165) is 19.4 Å². The summed E-state index contributed by atoms with van der Waals surface area (Å²) < 4.78 is 0. The molecule has 1 fully saturated rings. The molecule has 1 aliphatic heterocycles. The fraction of sp³-hybridized carbons (Fsp3) is 0.615. The Kier molecular flexibility index (Phi) is 5.94. The third kappa shape index (κ3) is 4.71. The molecule has 1 atom stereocenters. The molecule has 17 heavy (non-hydrogen) atoms. The van der Waals surface area contributed by atoms with Crippen molar-refractivity contribution >= 4 is 5.91 Å². The van der Waals surface area contributed by atoms with Crippen molar-refractivity contribution in [3.05, 3.63) is 25.3 Å². The van der Waals surface area contributed by atoms with Crippen LogP contribution in [0.1, 0.15) is 12.8 Å². The third-order valence-electron chi connectivity index (χ3n) is 2.89. The van der Waals surface area contributed by atoms with E-state index in [0.29, 0.717) is 26.2 Å². The van der Waals surface area contributed by atoms with Crippen molar-refractivity contribution in [1.82, 2.24) is 9.80 Å². The fourth-order valence-corrected chi connectivity index (χ4v) is 2.06. The lowest BCUT2D eigenvalue weighted by Crippen LogP contribution is -2.45. The summed E-state index contributed by atoms with van der Waals surface area (Å²) in [6.45, 7) is 10.2. The molecule has 0 unspecified atom stereocenters. The lowest BCUT2D eigenvalue weighted by Gasteiger charge is -2.31. The molecule has 0 bridgehead atoms. The largest absolute Gasteiger partial charge is 0.392 e. The number of hydrogen-bond acceptors (Lipinski definition) is 3. The Morgan fingerprint density at radius 2 is 2.06 bits per heavy atom. The summed E-state index contributed by atoms with van der Waals surface area (Å²) in [5, 5.41) is 9.54. The number of aliphatic hydroxyl groups excluding tert-OH is 1. The highest BCUT2D eigenvalue weighted by Gasteiger charge is 2.21. The zero-order valence-electron chi connectivity index (χ0n) is 10.3. The van der Waals surface area contributed by atoms with Crippen molar-refractivity contribution < 1.29 is 9.90 Å². The summed E-state index contributed by atoms with van der Waals surface area (Å²) in [5.74, 6) is 0.0684. The highest BCUT2D eigenvalue weighted by Crippen LogP contribution is 2.09. The first-order chi connectivity index (χ1) is 8.17. The second-order valence-electron chi connectivity index (χ2n) is 4.41. The average Bonchev–Trinajstić information content (AvgIpc) is 2.28. The van der Waals surface area contributed by atoms with Crippen molar-refractivity contribution in [3.8, 4) is 0 Å². The Morgan fingerprint density at radius 3 is 2.59 bits per heavy atom. The molecule has 1 N–H and O–H groups in total. The van der Waals surface area contributed by atoms with Crippen LogP contribution in [0.15, 0.2) is 25.3 Å². The Balaban J connectivity index is 2.44. The Labute approximate surface area is 103 Å². The third-order valence-corrected chi connectivity index (χ3v) is 2.89. The number of aliphatic hydroxyl groups is 1. The van der Waals surface area contributed by atoms with Gasteiger partial charge in [-0.25, -0.2) is 0 Å². The maximum Gasteiger partial charge on any atom is 0.237 e.